The van der Waals surface area contributed by atoms with Crippen molar-refractivity contribution in [2.75, 3.05) is 31.1 Å². The summed E-state index contributed by atoms with van der Waals surface area (Å²) in [4.78, 5) is 12.5. The molecule has 1 fully saturated rings. The van der Waals surface area contributed by atoms with Crippen molar-refractivity contribution in [3.63, 3.8) is 0 Å². The zero-order valence-electron chi connectivity index (χ0n) is 10.9. The zero-order chi connectivity index (χ0) is 13.4. The number of rotatable bonds is 2. The summed E-state index contributed by atoms with van der Waals surface area (Å²) < 4.78 is 1.89. The molecule has 0 radical (unpaired) electrons. The lowest BCUT2D eigenvalue weighted by atomic mass is 10.3. The average molecular weight is 286 g/mol. The molecule has 6 nitrogen and oxygen atoms in total. The molecule has 0 unspecified atom stereocenters. The van der Waals surface area contributed by atoms with E-state index in [1.54, 1.807) is 17.7 Å². The Morgan fingerprint density at radius 1 is 1.20 bits per heavy atom. The molecular formula is C13H14N6S. The van der Waals surface area contributed by atoms with Gasteiger partial charge in [0.25, 0.3) is 0 Å². The van der Waals surface area contributed by atoms with Crippen LogP contribution in [0.2, 0.25) is 0 Å². The number of nitrogens with one attached hydrogen (secondary N) is 1. The van der Waals surface area contributed by atoms with Crippen LogP contribution in [0.1, 0.15) is 0 Å². The van der Waals surface area contributed by atoms with Crippen molar-refractivity contribution < 1.29 is 0 Å². The van der Waals surface area contributed by atoms with Crippen LogP contribution < -0.4 is 10.2 Å². The van der Waals surface area contributed by atoms with Gasteiger partial charge >= 0.3 is 0 Å². The van der Waals surface area contributed by atoms with E-state index >= 15 is 0 Å². The second-order valence-electron chi connectivity index (χ2n) is 4.68. The van der Waals surface area contributed by atoms with Crippen molar-refractivity contribution in [3.8, 4) is 10.6 Å². The molecule has 0 saturated carbocycles. The Morgan fingerprint density at radius 3 is 2.90 bits per heavy atom. The maximum absolute atomic E-state index is 4.64. The predicted molar refractivity (Wildman–Crippen MR) is 79.2 cm³/mol. The Bertz CT molecular complexity index is 714. The number of hydrogen-bond donors (Lipinski definition) is 1. The number of hydrogen-bond acceptors (Lipinski definition) is 6. The molecule has 4 heterocycles. The van der Waals surface area contributed by atoms with E-state index in [0.29, 0.717) is 0 Å². The molecule has 0 bridgehead atoms. The highest BCUT2D eigenvalue weighted by Gasteiger charge is 2.18. The van der Waals surface area contributed by atoms with Gasteiger partial charge in [-0.1, -0.05) is 6.07 Å². The van der Waals surface area contributed by atoms with Crippen LogP contribution in [0.3, 0.4) is 0 Å². The highest BCUT2D eigenvalue weighted by atomic mass is 32.1. The monoisotopic (exact) mass is 286 g/mol. The Hall–Kier alpha value is -1.99. The molecule has 1 saturated heterocycles. The van der Waals surface area contributed by atoms with Crippen LogP contribution in [-0.2, 0) is 0 Å². The highest BCUT2D eigenvalue weighted by Crippen LogP contribution is 2.27. The zero-order valence-corrected chi connectivity index (χ0v) is 11.7. The smallest absolute Gasteiger partial charge is 0.199 e. The van der Waals surface area contributed by atoms with Gasteiger partial charge in [-0.25, -0.2) is 14.5 Å². The Morgan fingerprint density at radius 2 is 2.10 bits per heavy atom. The van der Waals surface area contributed by atoms with E-state index in [-0.39, 0.29) is 0 Å². The molecule has 3 aromatic rings. The summed E-state index contributed by atoms with van der Waals surface area (Å²) in [5.41, 5.74) is 1.82. The van der Waals surface area contributed by atoms with Gasteiger partial charge < -0.3 is 10.2 Å². The molecule has 1 aliphatic heterocycles. The molecule has 0 aliphatic carbocycles. The molecule has 0 atom stereocenters. The normalized spacial score (nSPS) is 15.9. The second-order valence-corrected chi connectivity index (χ2v) is 5.62. The minimum atomic E-state index is 0.831. The van der Waals surface area contributed by atoms with Gasteiger partial charge in [0.1, 0.15) is 12.0 Å². The third-order valence-electron chi connectivity index (χ3n) is 3.48. The number of anilines is 1. The molecule has 7 heteroatoms. The molecule has 1 N–H and O–H groups in total. The fourth-order valence-corrected chi connectivity index (χ4v) is 3.22. The van der Waals surface area contributed by atoms with Crippen LogP contribution in [0.25, 0.3) is 16.2 Å². The van der Waals surface area contributed by atoms with E-state index in [4.69, 9.17) is 0 Å². The molecule has 3 aromatic heterocycles. The van der Waals surface area contributed by atoms with Crippen LogP contribution in [0.4, 0.5) is 5.82 Å². The van der Waals surface area contributed by atoms with Crippen LogP contribution in [-0.4, -0.2) is 45.8 Å². The summed E-state index contributed by atoms with van der Waals surface area (Å²) >= 11 is 1.68. The molecule has 0 amide bonds. The van der Waals surface area contributed by atoms with Crippen molar-refractivity contribution in [3.05, 3.63) is 30.0 Å². The van der Waals surface area contributed by atoms with Gasteiger partial charge in [0.15, 0.2) is 11.5 Å². The number of fused-ring (bicyclic) bond motifs is 1. The lowest BCUT2D eigenvalue weighted by molar-refractivity contribution is 0.585. The average Bonchev–Trinajstić information content (AvgIpc) is 3.18. The highest BCUT2D eigenvalue weighted by molar-refractivity contribution is 7.13. The first-order chi connectivity index (χ1) is 9.93. The first-order valence-electron chi connectivity index (χ1n) is 6.62. The van der Waals surface area contributed by atoms with Crippen LogP contribution >= 0.6 is 11.3 Å². The summed E-state index contributed by atoms with van der Waals surface area (Å²) in [7, 11) is 0. The third kappa shape index (κ3) is 1.86. The summed E-state index contributed by atoms with van der Waals surface area (Å²) in [6.45, 7) is 3.87. The van der Waals surface area contributed by atoms with Crippen LogP contribution in [0.15, 0.2) is 30.0 Å². The van der Waals surface area contributed by atoms with Crippen molar-refractivity contribution in [2.45, 2.75) is 0 Å². The van der Waals surface area contributed by atoms with Gasteiger partial charge in [-0.2, -0.15) is 5.10 Å². The number of aromatic nitrogens is 4. The van der Waals surface area contributed by atoms with Gasteiger partial charge in [-0.05, 0) is 11.4 Å². The van der Waals surface area contributed by atoms with Crippen molar-refractivity contribution in [1.29, 1.82) is 0 Å². The van der Waals surface area contributed by atoms with E-state index in [1.165, 1.54) is 0 Å². The Kier molecular flexibility index (Phi) is 2.86. The molecule has 20 heavy (non-hydrogen) atoms. The lowest BCUT2D eigenvalue weighted by Gasteiger charge is -2.28. The molecule has 4 rings (SSSR count). The van der Waals surface area contributed by atoms with Gasteiger partial charge in [0.2, 0.25) is 0 Å². The van der Waals surface area contributed by atoms with Crippen molar-refractivity contribution in [1.82, 2.24) is 24.9 Å². The van der Waals surface area contributed by atoms with Gasteiger partial charge in [-0.15, -0.1) is 11.3 Å². The standard InChI is InChI=1S/C13H14N6S/c1-2-11(20-7-1)10-8-15-12(13-16-9-17-19(10)13)18-5-3-14-4-6-18/h1-2,7-9,14H,3-6H2. The molecular weight excluding hydrogens is 272 g/mol. The fraction of sp³-hybridized carbons (Fsp3) is 0.308. The Labute approximate surface area is 120 Å². The predicted octanol–water partition coefficient (Wildman–Crippen LogP) is 1.26. The van der Waals surface area contributed by atoms with E-state index < -0.39 is 0 Å². The third-order valence-corrected chi connectivity index (χ3v) is 4.37. The lowest BCUT2D eigenvalue weighted by Crippen LogP contribution is -2.44. The number of thiophene rings is 1. The molecule has 1 aliphatic rings. The maximum Gasteiger partial charge on any atom is 0.199 e. The largest absolute Gasteiger partial charge is 0.351 e. The second kappa shape index (κ2) is 4.84. The summed E-state index contributed by atoms with van der Waals surface area (Å²) in [6, 6.07) is 4.11. The van der Waals surface area contributed by atoms with E-state index in [2.05, 4.69) is 36.7 Å². The van der Waals surface area contributed by atoms with Gasteiger partial charge in [0, 0.05) is 26.2 Å². The SMILES string of the molecule is c1csc(-c2cnc(N3CCNCC3)c3ncnn23)c1. The quantitative estimate of drug-likeness (QED) is 0.768. The van der Waals surface area contributed by atoms with Gasteiger partial charge in [-0.3, -0.25) is 0 Å². The summed E-state index contributed by atoms with van der Waals surface area (Å²) in [6.07, 6.45) is 3.49. The van der Waals surface area contributed by atoms with Crippen molar-refractivity contribution in [2.24, 2.45) is 0 Å². The first kappa shape index (κ1) is 11.8. The van der Waals surface area contributed by atoms with E-state index in [9.17, 15) is 0 Å². The minimum absolute atomic E-state index is 0.831. The molecule has 0 aromatic carbocycles. The summed E-state index contributed by atoms with van der Waals surface area (Å²) in [5, 5.41) is 9.77. The van der Waals surface area contributed by atoms with Crippen LogP contribution in [0, 0.1) is 0 Å². The van der Waals surface area contributed by atoms with Crippen LogP contribution in [0.5, 0.6) is 0 Å². The van der Waals surface area contributed by atoms with Gasteiger partial charge in [0.05, 0.1) is 11.1 Å². The molecule has 0 spiro atoms. The topological polar surface area (TPSA) is 58.4 Å². The fourth-order valence-electron chi connectivity index (χ4n) is 2.50. The maximum atomic E-state index is 4.64. The number of piperazine rings is 1. The Balaban J connectivity index is 1.85. The molecule has 102 valence electrons. The van der Waals surface area contributed by atoms with E-state index in [1.807, 2.05) is 16.8 Å². The summed E-state index contributed by atoms with van der Waals surface area (Å²) in [5.74, 6) is 0.921. The first-order valence-corrected chi connectivity index (χ1v) is 7.50. The van der Waals surface area contributed by atoms with E-state index in [0.717, 1.165) is 48.2 Å². The minimum Gasteiger partial charge on any atom is -0.351 e. The number of nitrogens with zero attached hydrogens (tertiary/aromatic N) is 5. The van der Waals surface area contributed by atoms with Crippen molar-refractivity contribution >= 4 is 22.8 Å².